The number of H-pyrrole nitrogens is 1. The van der Waals surface area contributed by atoms with Crippen molar-refractivity contribution in [1.29, 1.82) is 0 Å². The Kier molecular flexibility index (Phi) is 4.66. The Morgan fingerprint density at radius 2 is 2.03 bits per heavy atom. The van der Waals surface area contributed by atoms with E-state index in [2.05, 4.69) is 15.2 Å². The highest BCUT2D eigenvalue weighted by molar-refractivity contribution is 6.11. The number of anilines is 1. The molecule has 0 radical (unpaired) electrons. The van der Waals surface area contributed by atoms with Crippen LogP contribution in [-0.4, -0.2) is 51.1 Å². The van der Waals surface area contributed by atoms with Crippen LogP contribution in [0.3, 0.4) is 0 Å². The van der Waals surface area contributed by atoms with Crippen molar-refractivity contribution < 1.29 is 14.7 Å². The molecule has 1 amide bonds. The van der Waals surface area contributed by atoms with Crippen molar-refractivity contribution in [3.05, 3.63) is 63.7 Å². The van der Waals surface area contributed by atoms with Crippen molar-refractivity contribution in [2.75, 3.05) is 25.0 Å². The molecule has 1 saturated heterocycles. The maximum absolute atomic E-state index is 12.9. The van der Waals surface area contributed by atoms with E-state index >= 15 is 0 Å². The first kappa shape index (κ1) is 19.6. The molecule has 160 valence electrons. The van der Waals surface area contributed by atoms with Crippen molar-refractivity contribution in [3.8, 4) is 0 Å². The van der Waals surface area contributed by atoms with Crippen molar-refractivity contribution >= 4 is 28.5 Å². The monoisotopic (exact) mass is 420 g/mol. The molecule has 5 rings (SSSR count). The Hall–Kier alpha value is -3.39. The summed E-state index contributed by atoms with van der Waals surface area (Å²) in [7, 11) is 0. The third-order valence-corrected chi connectivity index (χ3v) is 6.35. The first-order chi connectivity index (χ1) is 14.9. The van der Waals surface area contributed by atoms with Gasteiger partial charge in [-0.3, -0.25) is 14.5 Å². The van der Waals surface area contributed by atoms with Crippen LogP contribution in [0, 0.1) is 12.8 Å². The predicted octanol–water partition coefficient (Wildman–Crippen LogP) is 2.39. The largest absolute Gasteiger partial charge is 0.477 e. The first-order valence-corrected chi connectivity index (χ1v) is 10.5. The summed E-state index contributed by atoms with van der Waals surface area (Å²) in [6, 6.07) is 11.0. The number of aromatic nitrogens is 2. The third kappa shape index (κ3) is 3.53. The number of aromatic amines is 1. The molecular formula is C23H24N4O4. The molecule has 8 heteroatoms. The topological polar surface area (TPSA) is 107 Å². The Balaban J connectivity index is 1.35. The molecule has 2 bridgehead atoms. The highest BCUT2D eigenvalue weighted by Gasteiger charge is 2.35. The number of fused-ring (bicyclic) bond motifs is 5. The number of carbonyl (C=O) groups excluding carboxylic acids is 1. The number of carboxylic acid groups (broad SMARTS) is 1. The molecule has 8 nitrogen and oxygen atoms in total. The van der Waals surface area contributed by atoms with E-state index in [9.17, 15) is 19.5 Å². The van der Waals surface area contributed by atoms with Gasteiger partial charge in [-0.2, -0.15) is 0 Å². The van der Waals surface area contributed by atoms with Gasteiger partial charge in [-0.05, 0) is 37.5 Å². The zero-order valence-electron chi connectivity index (χ0n) is 17.2. The zero-order chi connectivity index (χ0) is 21.7. The predicted molar refractivity (Wildman–Crippen MR) is 117 cm³/mol. The smallest absolute Gasteiger partial charge is 0.354 e. The van der Waals surface area contributed by atoms with E-state index in [0.29, 0.717) is 35.6 Å². The lowest BCUT2D eigenvalue weighted by Gasteiger charge is -2.42. The molecule has 0 spiro atoms. The molecule has 0 aliphatic carbocycles. The fourth-order valence-corrected chi connectivity index (χ4v) is 5.10. The van der Waals surface area contributed by atoms with E-state index in [1.807, 2.05) is 35.8 Å². The highest BCUT2D eigenvalue weighted by Crippen LogP contribution is 2.35. The molecule has 31 heavy (non-hydrogen) atoms. The van der Waals surface area contributed by atoms with Crippen LogP contribution < -0.4 is 10.9 Å². The number of hydrogen-bond donors (Lipinski definition) is 3. The van der Waals surface area contributed by atoms with E-state index in [1.165, 1.54) is 0 Å². The van der Waals surface area contributed by atoms with Gasteiger partial charge in [0.25, 0.3) is 5.56 Å². The second kappa shape index (κ2) is 7.39. The van der Waals surface area contributed by atoms with E-state index in [0.717, 1.165) is 24.2 Å². The molecule has 3 aromatic rings. The Labute approximate surface area is 178 Å². The number of aryl methyl sites for hydroxylation is 1. The summed E-state index contributed by atoms with van der Waals surface area (Å²) in [6.07, 6.45) is 1.02. The summed E-state index contributed by atoms with van der Waals surface area (Å²) in [5, 5.41) is 13.1. The number of amides is 1. The number of nitrogens with one attached hydrogen (secondary N) is 2. The molecule has 2 atom stereocenters. The summed E-state index contributed by atoms with van der Waals surface area (Å²) < 4.78 is 1.86. The van der Waals surface area contributed by atoms with Crippen molar-refractivity contribution in [2.45, 2.75) is 25.8 Å². The number of piperidine rings is 1. The van der Waals surface area contributed by atoms with Crippen LogP contribution in [-0.2, 0) is 11.3 Å². The standard InChI is InChI=1S/C23H24N4O4/c1-13-5-6-17-16(7-13)21(22(24-17)23(30)31)25-19(28)12-26-9-14-8-15(11-26)18-3-2-4-20(29)27(18)10-14/h2-7,14-15,24H,8-12H2,1H3,(H,25,28)(H,30,31)/t14-,15+/m0/s1. The average Bonchev–Trinajstić information content (AvgIpc) is 3.06. The Bertz CT molecular complexity index is 1260. The highest BCUT2D eigenvalue weighted by atomic mass is 16.4. The fourth-order valence-electron chi connectivity index (χ4n) is 5.10. The fraction of sp³-hybridized carbons (Fsp3) is 0.348. The lowest BCUT2D eigenvalue weighted by Crippen LogP contribution is -2.49. The molecule has 1 fully saturated rings. The number of likely N-dealkylation sites (tertiary alicyclic amines) is 1. The van der Waals surface area contributed by atoms with E-state index in [4.69, 9.17) is 0 Å². The minimum absolute atomic E-state index is 0.0160. The molecule has 4 heterocycles. The first-order valence-electron chi connectivity index (χ1n) is 10.5. The van der Waals surface area contributed by atoms with Crippen molar-refractivity contribution in [1.82, 2.24) is 14.5 Å². The van der Waals surface area contributed by atoms with Crippen LogP contribution in [0.4, 0.5) is 5.69 Å². The summed E-state index contributed by atoms with van der Waals surface area (Å²) in [5.41, 5.74) is 3.02. The van der Waals surface area contributed by atoms with E-state index in [-0.39, 0.29) is 29.6 Å². The van der Waals surface area contributed by atoms with E-state index < -0.39 is 5.97 Å². The summed E-state index contributed by atoms with van der Waals surface area (Å²) in [4.78, 5) is 41.8. The number of carbonyl (C=O) groups is 2. The second-order valence-electron chi connectivity index (χ2n) is 8.67. The van der Waals surface area contributed by atoms with Gasteiger partial charge in [0.2, 0.25) is 5.91 Å². The van der Waals surface area contributed by atoms with E-state index in [1.54, 1.807) is 12.1 Å². The number of nitrogens with zero attached hydrogens (tertiary/aromatic N) is 2. The van der Waals surface area contributed by atoms with Gasteiger partial charge >= 0.3 is 5.97 Å². The van der Waals surface area contributed by atoms with Crippen LogP contribution in [0.2, 0.25) is 0 Å². The maximum atomic E-state index is 12.9. The number of rotatable bonds is 4. The second-order valence-corrected chi connectivity index (χ2v) is 8.67. The molecular weight excluding hydrogens is 396 g/mol. The van der Waals surface area contributed by atoms with Gasteiger partial charge in [0, 0.05) is 48.2 Å². The summed E-state index contributed by atoms with van der Waals surface area (Å²) >= 11 is 0. The van der Waals surface area contributed by atoms with Gasteiger partial charge in [-0.25, -0.2) is 4.79 Å². The van der Waals surface area contributed by atoms with Gasteiger partial charge in [0.05, 0.1) is 12.2 Å². The number of pyridine rings is 1. The lowest BCUT2D eigenvalue weighted by molar-refractivity contribution is -0.117. The quantitative estimate of drug-likeness (QED) is 0.601. The minimum atomic E-state index is -1.11. The minimum Gasteiger partial charge on any atom is -0.477 e. The summed E-state index contributed by atoms with van der Waals surface area (Å²) in [6.45, 7) is 4.22. The SMILES string of the molecule is Cc1ccc2[nH]c(C(=O)O)c(NC(=O)CN3C[C@@H]4C[C@H](C3)c3cccc(=O)n3C4)c2c1. The van der Waals surface area contributed by atoms with Crippen LogP contribution in [0.1, 0.15) is 34.1 Å². The Morgan fingerprint density at radius 3 is 2.84 bits per heavy atom. The average molecular weight is 420 g/mol. The van der Waals surface area contributed by atoms with Gasteiger partial charge < -0.3 is 20.0 Å². The maximum Gasteiger partial charge on any atom is 0.354 e. The number of carboxylic acids is 1. The molecule has 1 aromatic carbocycles. The lowest BCUT2D eigenvalue weighted by atomic mass is 9.83. The molecule has 2 aromatic heterocycles. The van der Waals surface area contributed by atoms with Crippen LogP contribution >= 0.6 is 0 Å². The van der Waals surface area contributed by atoms with Gasteiger partial charge in [0.1, 0.15) is 5.69 Å². The Morgan fingerprint density at radius 1 is 1.19 bits per heavy atom. The third-order valence-electron chi connectivity index (χ3n) is 6.35. The summed E-state index contributed by atoms with van der Waals surface area (Å²) in [5.74, 6) is -0.807. The molecule has 0 unspecified atom stereocenters. The van der Waals surface area contributed by atoms with Crippen LogP contribution in [0.5, 0.6) is 0 Å². The molecule has 2 aliphatic rings. The molecule has 0 saturated carbocycles. The number of aromatic carboxylic acids is 1. The molecule has 2 aliphatic heterocycles. The van der Waals surface area contributed by atoms with Crippen molar-refractivity contribution in [3.63, 3.8) is 0 Å². The van der Waals surface area contributed by atoms with Crippen molar-refractivity contribution in [2.24, 2.45) is 5.92 Å². The number of benzene rings is 1. The van der Waals surface area contributed by atoms with Gasteiger partial charge in [-0.1, -0.05) is 17.7 Å². The number of hydrogen-bond acceptors (Lipinski definition) is 4. The molecule has 3 N–H and O–H groups in total. The normalized spacial score (nSPS) is 20.4. The zero-order valence-corrected chi connectivity index (χ0v) is 17.2. The van der Waals surface area contributed by atoms with Gasteiger partial charge in [0.15, 0.2) is 0 Å². The van der Waals surface area contributed by atoms with Gasteiger partial charge in [-0.15, -0.1) is 0 Å². The van der Waals surface area contributed by atoms with Crippen LogP contribution in [0.15, 0.2) is 41.2 Å². The van der Waals surface area contributed by atoms with Crippen LogP contribution in [0.25, 0.3) is 10.9 Å².